The van der Waals surface area contributed by atoms with Crippen LogP contribution in [-0.2, 0) is 4.79 Å². The van der Waals surface area contributed by atoms with E-state index in [-0.39, 0.29) is 43.3 Å². The van der Waals surface area contributed by atoms with Gasteiger partial charge in [-0.2, -0.15) is 0 Å². The van der Waals surface area contributed by atoms with Crippen LogP contribution >= 0.6 is 0 Å². The average molecular weight is 285 g/mol. The predicted octanol–water partition coefficient (Wildman–Crippen LogP) is 3.43. The molecule has 0 saturated heterocycles. The van der Waals surface area contributed by atoms with Gasteiger partial charge in [0.05, 0.1) is 0 Å². The summed E-state index contributed by atoms with van der Waals surface area (Å²) in [6.07, 6.45) is 14.4. The maximum absolute atomic E-state index is 10.3. The molecule has 0 fully saturated rings. The number of hydrogen-bond donors (Lipinski definition) is 1. The van der Waals surface area contributed by atoms with Gasteiger partial charge in [-0.05, 0) is 6.42 Å². The summed E-state index contributed by atoms with van der Waals surface area (Å²) >= 11 is 0. The number of carbonyl (C=O) groups is 1. The standard InChI is InChI=1S/C14H28O2.Al.Mg.5H/c1-2-3-4-5-6-7-8-9-10-11-12-13-14(15)16;;;;;;;/h2-13H2,1H3,(H,15,16);;;;;;;/q;;+2;;;;2*-1. The molecule has 0 aliphatic carbocycles. The number of carboxylic acids is 1. The van der Waals surface area contributed by atoms with Gasteiger partial charge in [-0.25, -0.2) is 0 Å². The predicted molar refractivity (Wildman–Crippen MR) is 86.6 cm³/mol. The zero-order valence-corrected chi connectivity index (χ0v) is 13.0. The van der Waals surface area contributed by atoms with Crippen LogP contribution in [0.4, 0.5) is 0 Å². The van der Waals surface area contributed by atoms with Crippen molar-refractivity contribution in [3.05, 3.63) is 0 Å². The summed E-state index contributed by atoms with van der Waals surface area (Å²) in [4.78, 5) is 10.3. The molecule has 18 heavy (non-hydrogen) atoms. The van der Waals surface area contributed by atoms with Gasteiger partial charge in [0.1, 0.15) is 0 Å². The van der Waals surface area contributed by atoms with Crippen molar-refractivity contribution in [1.29, 1.82) is 0 Å². The molecular formula is C14H33AlMgO2. The molecule has 0 heterocycles. The minimum absolute atomic E-state index is 0. The van der Waals surface area contributed by atoms with Crippen LogP contribution in [0.1, 0.15) is 86.8 Å². The normalized spacial score (nSPS) is 9.39. The maximum atomic E-state index is 10.3. The van der Waals surface area contributed by atoms with E-state index in [0.717, 1.165) is 12.8 Å². The van der Waals surface area contributed by atoms with E-state index in [1.54, 1.807) is 0 Å². The van der Waals surface area contributed by atoms with Gasteiger partial charge in [0.2, 0.25) is 0 Å². The molecule has 0 amide bonds. The third kappa shape index (κ3) is 22.0. The van der Waals surface area contributed by atoms with E-state index in [2.05, 4.69) is 6.92 Å². The van der Waals surface area contributed by atoms with Crippen LogP contribution in [-0.4, -0.2) is 51.5 Å². The Kier molecular flexibility index (Phi) is 26.6. The Labute approximate surface area is 143 Å². The average Bonchev–Trinajstić information content (AvgIpc) is 2.25. The smallest absolute Gasteiger partial charge is 1.00 e. The summed E-state index contributed by atoms with van der Waals surface area (Å²) in [5, 5.41) is 8.46. The molecule has 0 radical (unpaired) electrons. The van der Waals surface area contributed by atoms with Crippen molar-refractivity contribution in [2.75, 3.05) is 0 Å². The van der Waals surface area contributed by atoms with E-state index >= 15 is 0 Å². The Balaban J connectivity index is -0.000000187. The first kappa shape index (κ1) is 23.8. The van der Waals surface area contributed by atoms with Crippen LogP contribution in [0, 0.1) is 0 Å². The fourth-order valence-corrected chi connectivity index (χ4v) is 1.94. The first-order chi connectivity index (χ1) is 7.77. The second kappa shape index (κ2) is 20.1. The van der Waals surface area contributed by atoms with E-state index in [1.807, 2.05) is 0 Å². The van der Waals surface area contributed by atoms with Crippen molar-refractivity contribution in [1.82, 2.24) is 0 Å². The fourth-order valence-electron chi connectivity index (χ4n) is 1.94. The van der Waals surface area contributed by atoms with Crippen LogP contribution in [0.15, 0.2) is 0 Å². The minimum Gasteiger partial charge on any atom is -1.00 e. The van der Waals surface area contributed by atoms with Crippen molar-refractivity contribution in [3.63, 3.8) is 0 Å². The zero-order valence-electron chi connectivity index (χ0n) is 13.5. The summed E-state index contributed by atoms with van der Waals surface area (Å²) in [5.41, 5.74) is 0. The van der Waals surface area contributed by atoms with Crippen LogP contribution in [0.2, 0.25) is 0 Å². The molecule has 106 valence electrons. The number of rotatable bonds is 12. The van der Waals surface area contributed by atoms with E-state index < -0.39 is 5.97 Å². The topological polar surface area (TPSA) is 37.3 Å². The molecule has 0 unspecified atom stereocenters. The summed E-state index contributed by atoms with van der Waals surface area (Å²) in [6, 6.07) is 0. The Morgan fingerprint density at radius 3 is 1.50 bits per heavy atom. The molecule has 0 saturated carbocycles. The van der Waals surface area contributed by atoms with Crippen molar-refractivity contribution in [2.24, 2.45) is 0 Å². The van der Waals surface area contributed by atoms with Crippen LogP contribution in [0.5, 0.6) is 0 Å². The molecule has 2 nitrogen and oxygen atoms in total. The quantitative estimate of drug-likeness (QED) is 0.440. The summed E-state index contributed by atoms with van der Waals surface area (Å²) < 4.78 is 0. The fraction of sp³-hybridized carbons (Fsp3) is 0.929. The zero-order chi connectivity index (χ0) is 12.1. The summed E-state index contributed by atoms with van der Waals surface area (Å²) in [6.45, 7) is 2.25. The van der Waals surface area contributed by atoms with E-state index in [4.69, 9.17) is 5.11 Å². The largest absolute Gasteiger partial charge is 2.00 e. The number of aliphatic carboxylic acids is 1. The number of carboxylic acid groups (broad SMARTS) is 1. The van der Waals surface area contributed by atoms with Crippen molar-refractivity contribution in [2.45, 2.75) is 84.0 Å². The van der Waals surface area contributed by atoms with Gasteiger partial charge in [-0.3, -0.25) is 4.79 Å². The number of unbranched alkanes of at least 4 members (excludes halogenated alkanes) is 10. The molecule has 0 spiro atoms. The van der Waals surface area contributed by atoms with E-state index in [9.17, 15) is 4.79 Å². The molecule has 0 aromatic carbocycles. The Morgan fingerprint density at radius 2 is 1.17 bits per heavy atom. The van der Waals surface area contributed by atoms with Crippen molar-refractivity contribution >= 4 is 46.4 Å². The van der Waals surface area contributed by atoms with Gasteiger partial charge in [0, 0.05) is 6.42 Å². The van der Waals surface area contributed by atoms with Crippen molar-refractivity contribution in [3.8, 4) is 0 Å². The first-order valence-corrected chi connectivity index (χ1v) is 6.99. The molecular weight excluding hydrogens is 251 g/mol. The number of hydrogen-bond acceptors (Lipinski definition) is 1. The van der Waals surface area contributed by atoms with Gasteiger partial charge < -0.3 is 7.96 Å². The first-order valence-electron chi connectivity index (χ1n) is 6.99. The van der Waals surface area contributed by atoms with Crippen LogP contribution < -0.4 is 0 Å². The molecule has 0 atom stereocenters. The second-order valence-corrected chi connectivity index (χ2v) is 4.68. The molecule has 4 heteroatoms. The summed E-state index contributed by atoms with van der Waals surface area (Å²) in [7, 11) is 0. The SMILES string of the molecule is CCCCCCCCCCCCCC(=O)O.[AlH3].[H-].[H-].[Mg+2]. The van der Waals surface area contributed by atoms with E-state index in [1.165, 1.54) is 57.8 Å². The third-order valence-electron chi connectivity index (χ3n) is 2.99. The van der Waals surface area contributed by atoms with Gasteiger partial charge in [-0.1, -0.05) is 71.1 Å². The van der Waals surface area contributed by atoms with Crippen LogP contribution in [0.3, 0.4) is 0 Å². The molecule has 0 aliphatic rings. The van der Waals surface area contributed by atoms with Crippen LogP contribution in [0.25, 0.3) is 0 Å². The summed E-state index contributed by atoms with van der Waals surface area (Å²) in [5.74, 6) is -0.657. The Bertz CT molecular complexity index is 175. The monoisotopic (exact) mass is 284 g/mol. The molecule has 1 N–H and O–H groups in total. The van der Waals surface area contributed by atoms with Gasteiger partial charge in [0.25, 0.3) is 0 Å². The molecule has 0 bridgehead atoms. The second-order valence-electron chi connectivity index (χ2n) is 4.68. The molecule has 0 aromatic heterocycles. The molecule has 0 rings (SSSR count). The third-order valence-corrected chi connectivity index (χ3v) is 2.99. The van der Waals surface area contributed by atoms with Gasteiger partial charge in [-0.15, -0.1) is 0 Å². The van der Waals surface area contributed by atoms with E-state index in [0.29, 0.717) is 6.42 Å². The van der Waals surface area contributed by atoms with Gasteiger partial charge in [0.15, 0.2) is 17.4 Å². The van der Waals surface area contributed by atoms with Crippen molar-refractivity contribution < 1.29 is 12.8 Å². The molecule has 0 aromatic rings. The Hall–Kier alpha value is 0.769. The molecule has 0 aliphatic heterocycles. The maximum Gasteiger partial charge on any atom is 2.00 e. The Morgan fingerprint density at radius 1 is 0.833 bits per heavy atom. The van der Waals surface area contributed by atoms with Gasteiger partial charge >= 0.3 is 29.0 Å². The minimum atomic E-state index is -0.657.